The molecule has 0 aromatic carbocycles. The number of piperazine rings is 1. The molecule has 4 rings (SSSR count). The molecule has 0 saturated carbocycles. The molecule has 0 spiro atoms. The van der Waals surface area contributed by atoms with Gasteiger partial charge in [0.1, 0.15) is 0 Å². The Kier molecular flexibility index (Phi) is 3.70. The molecule has 1 atom stereocenters. The zero-order chi connectivity index (χ0) is 16.5. The molecule has 1 saturated heterocycles. The van der Waals surface area contributed by atoms with Crippen molar-refractivity contribution in [3.8, 4) is 0 Å². The number of nitrogens with one attached hydrogen (secondary N) is 2. The fourth-order valence-corrected chi connectivity index (χ4v) is 3.12. The largest absolute Gasteiger partial charge is 0.329 e. The van der Waals surface area contributed by atoms with Crippen molar-refractivity contribution < 1.29 is 4.79 Å². The van der Waals surface area contributed by atoms with Gasteiger partial charge in [0.05, 0.1) is 11.6 Å². The molecular weight excluding hydrogens is 304 g/mol. The highest BCUT2D eigenvalue weighted by molar-refractivity contribution is 5.97. The van der Waals surface area contributed by atoms with Gasteiger partial charge in [0.25, 0.3) is 5.91 Å². The zero-order valence-electron chi connectivity index (χ0n) is 13.4. The van der Waals surface area contributed by atoms with Gasteiger partial charge in [-0.15, -0.1) is 0 Å². The highest BCUT2D eigenvalue weighted by atomic mass is 16.2. The monoisotopic (exact) mass is 322 g/mol. The molecule has 4 heterocycles. The minimum absolute atomic E-state index is 0.0136. The van der Waals surface area contributed by atoms with Gasteiger partial charge in [0.15, 0.2) is 5.65 Å². The van der Waals surface area contributed by atoms with Gasteiger partial charge in [0, 0.05) is 49.3 Å². The van der Waals surface area contributed by atoms with E-state index in [2.05, 4.69) is 25.5 Å². The summed E-state index contributed by atoms with van der Waals surface area (Å²) in [6.07, 6.45) is 5.17. The average Bonchev–Trinajstić information content (AvgIpc) is 3.02. The van der Waals surface area contributed by atoms with Crippen molar-refractivity contribution in [3.63, 3.8) is 0 Å². The lowest BCUT2D eigenvalue weighted by Crippen LogP contribution is -2.48. The first-order chi connectivity index (χ1) is 11.7. The van der Waals surface area contributed by atoms with E-state index < -0.39 is 0 Å². The summed E-state index contributed by atoms with van der Waals surface area (Å²) in [6, 6.07) is 5.74. The highest BCUT2D eigenvalue weighted by Gasteiger charge is 2.29. The average molecular weight is 322 g/mol. The van der Waals surface area contributed by atoms with Gasteiger partial charge >= 0.3 is 0 Å². The third-order valence-corrected chi connectivity index (χ3v) is 4.42. The van der Waals surface area contributed by atoms with Gasteiger partial charge < -0.3 is 10.2 Å². The van der Waals surface area contributed by atoms with Crippen LogP contribution in [0.1, 0.15) is 27.7 Å². The van der Waals surface area contributed by atoms with Gasteiger partial charge in [-0.3, -0.25) is 14.9 Å². The minimum atomic E-state index is -0.0268. The molecule has 122 valence electrons. The van der Waals surface area contributed by atoms with Crippen LogP contribution in [0.25, 0.3) is 11.0 Å². The summed E-state index contributed by atoms with van der Waals surface area (Å²) in [7, 11) is 0. The molecular formula is C17H18N6O. The van der Waals surface area contributed by atoms with Crippen molar-refractivity contribution in [2.75, 3.05) is 19.6 Å². The Morgan fingerprint density at radius 3 is 3.12 bits per heavy atom. The van der Waals surface area contributed by atoms with E-state index in [1.165, 1.54) is 0 Å². The second-order valence-electron chi connectivity index (χ2n) is 5.95. The molecule has 0 aliphatic carbocycles. The summed E-state index contributed by atoms with van der Waals surface area (Å²) in [5.41, 5.74) is 3.17. The number of aromatic nitrogens is 4. The third-order valence-electron chi connectivity index (χ3n) is 4.42. The van der Waals surface area contributed by atoms with Crippen molar-refractivity contribution in [2.24, 2.45) is 0 Å². The number of nitrogens with zero attached hydrogens (tertiary/aromatic N) is 4. The number of aryl methyl sites for hydroxylation is 1. The molecule has 0 bridgehead atoms. The SMILES string of the molecule is Cc1[nH]nc2ncc(C(=O)N3CCNCC3c3cccnc3)cc12. The van der Waals surface area contributed by atoms with Crippen LogP contribution in [0, 0.1) is 6.92 Å². The summed E-state index contributed by atoms with van der Waals surface area (Å²) in [5.74, 6) is -0.0136. The van der Waals surface area contributed by atoms with Gasteiger partial charge in [0.2, 0.25) is 0 Å². The molecule has 1 unspecified atom stereocenters. The lowest BCUT2D eigenvalue weighted by Gasteiger charge is -2.36. The first kappa shape index (κ1) is 14.8. The fraction of sp³-hybridized carbons (Fsp3) is 0.294. The van der Waals surface area contributed by atoms with Gasteiger partial charge in [-0.1, -0.05) is 6.07 Å². The summed E-state index contributed by atoms with van der Waals surface area (Å²) in [5, 5.41) is 11.3. The van der Waals surface area contributed by atoms with Crippen LogP contribution in [0.2, 0.25) is 0 Å². The van der Waals surface area contributed by atoms with Crippen LogP contribution in [0.3, 0.4) is 0 Å². The molecule has 24 heavy (non-hydrogen) atoms. The van der Waals surface area contributed by atoms with Crippen LogP contribution < -0.4 is 5.32 Å². The van der Waals surface area contributed by atoms with E-state index in [1.54, 1.807) is 12.4 Å². The van der Waals surface area contributed by atoms with Gasteiger partial charge in [-0.05, 0) is 24.6 Å². The Balaban J connectivity index is 1.68. The maximum atomic E-state index is 13.1. The molecule has 3 aromatic rings. The standard InChI is InChI=1S/C17H18N6O/c1-11-14-7-13(9-20-16(14)22-21-11)17(24)23-6-5-19-10-15(23)12-3-2-4-18-8-12/h2-4,7-9,15,19H,5-6,10H2,1H3,(H,20,21,22). The Labute approximate surface area is 139 Å². The number of hydrogen-bond acceptors (Lipinski definition) is 5. The summed E-state index contributed by atoms with van der Waals surface area (Å²) in [6.45, 7) is 4.08. The summed E-state index contributed by atoms with van der Waals surface area (Å²) < 4.78 is 0. The summed E-state index contributed by atoms with van der Waals surface area (Å²) in [4.78, 5) is 23.4. The topological polar surface area (TPSA) is 86.8 Å². The predicted octanol–water partition coefficient (Wildman–Crippen LogP) is 1.45. The summed E-state index contributed by atoms with van der Waals surface area (Å²) >= 11 is 0. The van der Waals surface area contributed by atoms with Crippen molar-refractivity contribution in [3.05, 3.63) is 53.6 Å². The maximum absolute atomic E-state index is 13.1. The van der Waals surface area contributed by atoms with E-state index >= 15 is 0 Å². The van der Waals surface area contributed by atoms with Crippen molar-refractivity contribution in [1.29, 1.82) is 0 Å². The molecule has 7 heteroatoms. The normalized spacial score (nSPS) is 18.0. The number of aromatic amines is 1. The first-order valence-corrected chi connectivity index (χ1v) is 7.96. The van der Waals surface area contributed by atoms with E-state index in [0.29, 0.717) is 17.8 Å². The lowest BCUT2D eigenvalue weighted by atomic mass is 10.0. The maximum Gasteiger partial charge on any atom is 0.256 e. The van der Waals surface area contributed by atoms with Crippen molar-refractivity contribution in [2.45, 2.75) is 13.0 Å². The number of amides is 1. The Morgan fingerprint density at radius 2 is 2.29 bits per heavy atom. The first-order valence-electron chi connectivity index (χ1n) is 7.96. The number of hydrogen-bond donors (Lipinski definition) is 2. The van der Waals surface area contributed by atoms with Crippen LogP contribution in [-0.4, -0.2) is 50.6 Å². The van der Waals surface area contributed by atoms with Crippen LogP contribution in [0.15, 0.2) is 36.8 Å². The molecule has 7 nitrogen and oxygen atoms in total. The smallest absolute Gasteiger partial charge is 0.256 e. The fourth-order valence-electron chi connectivity index (χ4n) is 3.12. The second-order valence-corrected chi connectivity index (χ2v) is 5.95. The zero-order valence-corrected chi connectivity index (χ0v) is 13.4. The van der Waals surface area contributed by atoms with Gasteiger partial charge in [-0.25, -0.2) is 4.98 Å². The molecule has 1 aliphatic rings. The molecule has 1 fully saturated rings. The molecule has 1 amide bonds. The Hall–Kier alpha value is -2.80. The van der Waals surface area contributed by atoms with E-state index in [4.69, 9.17) is 0 Å². The number of H-pyrrole nitrogens is 1. The number of fused-ring (bicyclic) bond motifs is 1. The van der Waals surface area contributed by atoms with Gasteiger partial charge in [-0.2, -0.15) is 5.10 Å². The van der Waals surface area contributed by atoms with E-state index in [-0.39, 0.29) is 11.9 Å². The minimum Gasteiger partial charge on any atom is -0.329 e. The van der Waals surface area contributed by atoms with E-state index in [9.17, 15) is 4.79 Å². The number of pyridine rings is 2. The second kappa shape index (κ2) is 6.01. The Morgan fingerprint density at radius 1 is 1.38 bits per heavy atom. The Bertz CT molecular complexity index is 875. The third kappa shape index (κ3) is 2.52. The molecule has 1 aliphatic heterocycles. The van der Waals surface area contributed by atoms with Crippen LogP contribution in [-0.2, 0) is 0 Å². The van der Waals surface area contributed by atoms with E-state index in [1.807, 2.05) is 36.2 Å². The van der Waals surface area contributed by atoms with Crippen molar-refractivity contribution >= 4 is 16.9 Å². The number of carbonyl (C=O) groups is 1. The predicted molar refractivity (Wildman–Crippen MR) is 89.5 cm³/mol. The quantitative estimate of drug-likeness (QED) is 0.746. The highest BCUT2D eigenvalue weighted by Crippen LogP contribution is 2.24. The van der Waals surface area contributed by atoms with Crippen LogP contribution in [0.5, 0.6) is 0 Å². The van der Waals surface area contributed by atoms with Crippen LogP contribution >= 0.6 is 0 Å². The van der Waals surface area contributed by atoms with Crippen LogP contribution in [0.4, 0.5) is 0 Å². The van der Waals surface area contributed by atoms with E-state index in [0.717, 1.165) is 29.7 Å². The molecule has 0 radical (unpaired) electrons. The number of rotatable bonds is 2. The lowest BCUT2D eigenvalue weighted by molar-refractivity contribution is 0.0634. The molecule has 2 N–H and O–H groups in total. The molecule has 3 aromatic heterocycles. The number of carbonyl (C=O) groups excluding carboxylic acids is 1. The van der Waals surface area contributed by atoms with Crippen molar-refractivity contribution in [1.82, 2.24) is 30.4 Å².